The van der Waals surface area contributed by atoms with Crippen molar-refractivity contribution in [3.8, 4) is 11.6 Å². The number of aromatic nitrogens is 6. The molecule has 0 unspecified atom stereocenters. The Kier molecular flexibility index (Phi) is 3.14. The molecule has 6 heteroatoms. The van der Waals surface area contributed by atoms with E-state index in [1.165, 1.54) is 0 Å². The third-order valence-corrected chi connectivity index (χ3v) is 3.11. The summed E-state index contributed by atoms with van der Waals surface area (Å²) in [7, 11) is 1.98. The molecule has 0 saturated carbocycles. The van der Waals surface area contributed by atoms with Crippen LogP contribution in [0.2, 0.25) is 0 Å². The van der Waals surface area contributed by atoms with Crippen LogP contribution < -0.4 is 0 Å². The van der Waals surface area contributed by atoms with E-state index in [0.29, 0.717) is 0 Å². The smallest absolute Gasteiger partial charge is 0.176 e. The molecule has 3 heterocycles. The van der Waals surface area contributed by atoms with E-state index < -0.39 is 0 Å². The zero-order valence-corrected chi connectivity index (χ0v) is 10.8. The van der Waals surface area contributed by atoms with Crippen molar-refractivity contribution in [2.45, 2.75) is 19.5 Å². The van der Waals surface area contributed by atoms with Crippen molar-refractivity contribution in [1.82, 2.24) is 28.7 Å². The summed E-state index contributed by atoms with van der Waals surface area (Å²) in [4.78, 5) is 12.8. The van der Waals surface area contributed by atoms with Gasteiger partial charge in [-0.2, -0.15) is 0 Å². The van der Waals surface area contributed by atoms with Crippen molar-refractivity contribution in [2.24, 2.45) is 7.05 Å². The molecule has 0 saturated heterocycles. The number of rotatable bonds is 5. The monoisotopic (exact) mass is 256 g/mol. The second-order valence-corrected chi connectivity index (χ2v) is 4.46. The Morgan fingerprint density at radius 1 is 0.947 bits per heavy atom. The molecule has 0 atom stereocenters. The summed E-state index contributed by atoms with van der Waals surface area (Å²) >= 11 is 0. The van der Waals surface area contributed by atoms with Crippen LogP contribution >= 0.6 is 0 Å². The minimum atomic E-state index is 0.896. The Bertz CT molecular complexity index is 634. The number of hydrogen-bond donors (Lipinski definition) is 0. The lowest BCUT2D eigenvalue weighted by Crippen LogP contribution is -2.05. The normalized spacial score (nSPS) is 11.0. The van der Waals surface area contributed by atoms with Crippen LogP contribution in [0, 0.1) is 0 Å². The van der Waals surface area contributed by atoms with Crippen LogP contribution in [0.25, 0.3) is 11.6 Å². The Hall–Kier alpha value is -2.37. The van der Waals surface area contributed by atoms with Crippen LogP contribution in [-0.2, 0) is 20.1 Å². The molecular formula is C13H16N6. The highest BCUT2D eigenvalue weighted by Crippen LogP contribution is 2.14. The summed E-state index contributed by atoms with van der Waals surface area (Å²) in [6.07, 6.45) is 14.2. The van der Waals surface area contributed by atoms with E-state index in [0.717, 1.165) is 31.2 Å². The summed E-state index contributed by atoms with van der Waals surface area (Å²) in [5, 5.41) is 0. The molecule has 0 bridgehead atoms. The lowest BCUT2D eigenvalue weighted by atomic mass is 10.4. The van der Waals surface area contributed by atoms with Gasteiger partial charge in [0.25, 0.3) is 0 Å². The average molecular weight is 256 g/mol. The second-order valence-electron chi connectivity index (χ2n) is 4.46. The highest BCUT2D eigenvalue weighted by Gasteiger charge is 2.09. The zero-order valence-electron chi connectivity index (χ0n) is 10.8. The lowest BCUT2D eigenvalue weighted by molar-refractivity contribution is 0.564. The van der Waals surface area contributed by atoms with E-state index in [1.807, 2.05) is 42.7 Å². The fourth-order valence-corrected chi connectivity index (χ4v) is 2.12. The van der Waals surface area contributed by atoms with Crippen LogP contribution in [0.15, 0.2) is 43.5 Å². The Morgan fingerprint density at radius 3 is 2.53 bits per heavy atom. The van der Waals surface area contributed by atoms with Crippen molar-refractivity contribution in [1.29, 1.82) is 0 Å². The third-order valence-electron chi connectivity index (χ3n) is 3.11. The van der Waals surface area contributed by atoms with Crippen molar-refractivity contribution >= 4 is 0 Å². The van der Waals surface area contributed by atoms with Gasteiger partial charge in [-0.25, -0.2) is 15.0 Å². The van der Waals surface area contributed by atoms with Gasteiger partial charge >= 0.3 is 0 Å². The molecule has 3 aromatic rings. The molecular weight excluding hydrogens is 240 g/mol. The van der Waals surface area contributed by atoms with Crippen molar-refractivity contribution < 1.29 is 0 Å². The molecule has 0 radical (unpaired) electrons. The molecule has 0 aliphatic heterocycles. The van der Waals surface area contributed by atoms with Gasteiger partial charge in [-0.3, -0.25) is 0 Å². The molecule has 0 aliphatic rings. The van der Waals surface area contributed by atoms with Crippen LogP contribution in [0.3, 0.4) is 0 Å². The van der Waals surface area contributed by atoms with Gasteiger partial charge in [0.2, 0.25) is 0 Å². The zero-order chi connectivity index (χ0) is 13.1. The van der Waals surface area contributed by atoms with Gasteiger partial charge in [0.15, 0.2) is 11.6 Å². The molecule has 0 N–H and O–H groups in total. The fourth-order valence-electron chi connectivity index (χ4n) is 2.12. The van der Waals surface area contributed by atoms with Gasteiger partial charge in [0.1, 0.15) is 0 Å². The van der Waals surface area contributed by atoms with E-state index in [-0.39, 0.29) is 0 Å². The Balaban J connectivity index is 1.69. The van der Waals surface area contributed by atoms with Crippen LogP contribution in [0.4, 0.5) is 0 Å². The second kappa shape index (κ2) is 5.09. The van der Waals surface area contributed by atoms with Gasteiger partial charge in [-0.05, 0) is 6.42 Å². The maximum absolute atomic E-state index is 4.40. The SMILES string of the molecule is Cn1ccnc1-c1nccn1CCCn1ccnc1. The lowest BCUT2D eigenvalue weighted by Gasteiger charge is -2.08. The van der Waals surface area contributed by atoms with Crippen LogP contribution in [0.5, 0.6) is 0 Å². The standard InChI is InChI=1S/C13H16N6/c1-17-8-4-15-12(17)13-16-5-10-19(13)7-2-6-18-9-3-14-11-18/h3-5,8-11H,2,6-7H2,1H3. The molecule has 3 rings (SSSR count). The molecule has 0 spiro atoms. The molecule has 0 fully saturated rings. The minimum absolute atomic E-state index is 0.896. The van der Waals surface area contributed by atoms with Gasteiger partial charge in [0.05, 0.1) is 6.33 Å². The number of nitrogens with zero attached hydrogens (tertiary/aromatic N) is 6. The minimum Gasteiger partial charge on any atom is -0.337 e. The van der Waals surface area contributed by atoms with Crippen molar-refractivity contribution in [2.75, 3.05) is 0 Å². The predicted molar refractivity (Wildman–Crippen MR) is 71.3 cm³/mol. The first kappa shape index (κ1) is 11.7. The van der Waals surface area contributed by atoms with E-state index in [9.17, 15) is 0 Å². The molecule has 0 aliphatic carbocycles. The molecule has 0 amide bonds. The first-order chi connectivity index (χ1) is 9.34. The van der Waals surface area contributed by atoms with E-state index in [4.69, 9.17) is 0 Å². The number of hydrogen-bond acceptors (Lipinski definition) is 3. The molecule has 3 aromatic heterocycles. The molecule has 0 aromatic carbocycles. The summed E-state index contributed by atoms with van der Waals surface area (Å²) in [6, 6.07) is 0. The average Bonchev–Trinajstić information content (AvgIpc) is 3.10. The van der Waals surface area contributed by atoms with E-state index in [1.54, 1.807) is 12.4 Å². The first-order valence-corrected chi connectivity index (χ1v) is 6.29. The van der Waals surface area contributed by atoms with Gasteiger partial charge in [-0.15, -0.1) is 0 Å². The van der Waals surface area contributed by atoms with Gasteiger partial charge in [0, 0.05) is 57.3 Å². The summed E-state index contributed by atoms with van der Waals surface area (Å²) in [5.74, 6) is 1.81. The number of aryl methyl sites for hydroxylation is 3. The summed E-state index contributed by atoms with van der Waals surface area (Å²) < 4.78 is 6.20. The molecule has 19 heavy (non-hydrogen) atoms. The number of imidazole rings is 3. The van der Waals surface area contributed by atoms with Crippen LogP contribution in [0.1, 0.15) is 6.42 Å². The van der Waals surface area contributed by atoms with E-state index in [2.05, 4.69) is 24.1 Å². The van der Waals surface area contributed by atoms with Gasteiger partial charge < -0.3 is 13.7 Å². The maximum atomic E-state index is 4.40. The highest BCUT2D eigenvalue weighted by atomic mass is 15.1. The summed E-state index contributed by atoms with van der Waals surface area (Å²) in [5.41, 5.74) is 0. The topological polar surface area (TPSA) is 53.5 Å². The van der Waals surface area contributed by atoms with E-state index >= 15 is 0 Å². The van der Waals surface area contributed by atoms with Crippen LogP contribution in [-0.4, -0.2) is 28.7 Å². The Labute approximate surface area is 111 Å². The quantitative estimate of drug-likeness (QED) is 0.696. The third kappa shape index (κ3) is 2.42. The largest absolute Gasteiger partial charge is 0.337 e. The predicted octanol–water partition coefficient (Wildman–Crippen LogP) is 1.57. The maximum Gasteiger partial charge on any atom is 0.176 e. The molecule has 98 valence electrons. The molecule has 6 nitrogen and oxygen atoms in total. The fraction of sp³-hybridized carbons (Fsp3) is 0.308. The van der Waals surface area contributed by atoms with Crippen molar-refractivity contribution in [3.63, 3.8) is 0 Å². The first-order valence-electron chi connectivity index (χ1n) is 6.29. The Morgan fingerprint density at radius 2 is 1.79 bits per heavy atom. The van der Waals surface area contributed by atoms with Crippen molar-refractivity contribution in [3.05, 3.63) is 43.5 Å². The summed E-state index contributed by atoms with van der Waals surface area (Å²) in [6.45, 7) is 1.87. The van der Waals surface area contributed by atoms with Gasteiger partial charge in [-0.1, -0.05) is 0 Å². The highest BCUT2D eigenvalue weighted by molar-refractivity contribution is 5.44.